The van der Waals surface area contributed by atoms with Gasteiger partial charge in [0, 0.05) is 24.0 Å². The molecular weight excluding hydrogens is 314 g/mol. The summed E-state index contributed by atoms with van der Waals surface area (Å²) < 4.78 is 5.56. The second-order valence-corrected chi connectivity index (χ2v) is 6.53. The highest BCUT2D eigenvalue weighted by molar-refractivity contribution is 5.78. The molecule has 1 fully saturated rings. The fraction of sp³-hybridized carbons (Fsp3) is 0.450. The number of piperidine rings is 1. The molecule has 0 unspecified atom stereocenters. The van der Waals surface area contributed by atoms with Gasteiger partial charge in [0.15, 0.2) is 0 Å². The Morgan fingerprint density at radius 2 is 2.00 bits per heavy atom. The number of benzene rings is 1. The number of hydrogen-bond acceptors (Lipinski definition) is 3. The number of hydrogen-bond donors (Lipinski definition) is 2. The highest BCUT2D eigenvalue weighted by atomic mass is 16.5. The summed E-state index contributed by atoms with van der Waals surface area (Å²) in [4.78, 5) is 17.8. The van der Waals surface area contributed by atoms with E-state index in [4.69, 9.17) is 4.74 Å². The van der Waals surface area contributed by atoms with Crippen molar-refractivity contribution in [2.75, 3.05) is 26.7 Å². The number of rotatable bonds is 7. The smallest absolute Gasteiger partial charge is 0.225 e. The van der Waals surface area contributed by atoms with Crippen molar-refractivity contribution in [3.63, 3.8) is 0 Å². The highest BCUT2D eigenvalue weighted by Gasteiger charge is 2.25. The van der Waals surface area contributed by atoms with Gasteiger partial charge >= 0.3 is 0 Å². The third kappa shape index (κ3) is 4.63. The molecule has 5 nitrogen and oxygen atoms in total. The summed E-state index contributed by atoms with van der Waals surface area (Å²) in [5, 5.41) is 3.11. The van der Waals surface area contributed by atoms with Crippen molar-refractivity contribution >= 4 is 5.91 Å². The summed E-state index contributed by atoms with van der Waals surface area (Å²) >= 11 is 0. The van der Waals surface area contributed by atoms with Gasteiger partial charge in [-0.1, -0.05) is 24.6 Å². The van der Waals surface area contributed by atoms with E-state index in [1.165, 1.54) is 19.3 Å². The van der Waals surface area contributed by atoms with Crippen LogP contribution in [0.2, 0.25) is 0 Å². The van der Waals surface area contributed by atoms with E-state index in [9.17, 15) is 4.79 Å². The van der Waals surface area contributed by atoms with E-state index in [0.717, 1.165) is 30.1 Å². The summed E-state index contributed by atoms with van der Waals surface area (Å²) in [5.41, 5.74) is 2.08. The normalized spacial score (nSPS) is 16.4. The third-order valence-electron chi connectivity index (χ3n) is 4.84. The van der Waals surface area contributed by atoms with Gasteiger partial charge < -0.3 is 15.0 Å². The molecule has 0 radical (unpaired) electrons. The summed E-state index contributed by atoms with van der Waals surface area (Å²) in [6, 6.07) is 12.1. The standard InChI is InChI=1S/C20H27N3O2/c1-25-19-10-4-3-9-17(19)18(23-12-5-2-6-13-23)15-22-20(24)14-16-8-7-11-21-16/h3-4,7-11,18,21H,2,5-6,12-15H2,1H3,(H,22,24)/t18-/m1/s1. The molecule has 2 heterocycles. The molecule has 134 valence electrons. The minimum absolute atomic E-state index is 0.0411. The van der Waals surface area contributed by atoms with Gasteiger partial charge in [-0.05, 0) is 44.1 Å². The molecule has 1 aliphatic heterocycles. The first-order valence-electron chi connectivity index (χ1n) is 9.04. The monoisotopic (exact) mass is 341 g/mol. The maximum atomic E-state index is 12.3. The number of ether oxygens (including phenoxy) is 1. The lowest BCUT2D eigenvalue weighted by Crippen LogP contribution is -2.41. The second kappa shape index (κ2) is 8.72. The molecule has 5 heteroatoms. The van der Waals surface area contributed by atoms with Gasteiger partial charge in [0.1, 0.15) is 5.75 Å². The molecule has 25 heavy (non-hydrogen) atoms. The molecule has 0 saturated carbocycles. The average Bonchev–Trinajstić information content (AvgIpc) is 3.16. The van der Waals surface area contributed by atoms with Gasteiger partial charge in [0.05, 0.1) is 19.6 Å². The van der Waals surface area contributed by atoms with Crippen molar-refractivity contribution in [3.05, 3.63) is 53.9 Å². The molecule has 2 aromatic rings. The van der Waals surface area contributed by atoms with Gasteiger partial charge in [-0.3, -0.25) is 9.69 Å². The molecule has 1 aromatic heterocycles. The topological polar surface area (TPSA) is 57.4 Å². The van der Waals surface area contributed by atoms with Gasteiger partial charge in [-0.25, -0.2) is 0 Å². The van der Waals surface area contributed by atoms with Crippen LogP contribution in [0.3, 0.4) is 0 Å². The largest absolute Gasteiger partial charge is 0.496 e. The quantitative estimate of drug-likeness (QED) is 0.814. The molecule has 3 rings (SSSR count). The van der Waals surface area contributed by atoms with Crippen LogP contribution >= 0.6 is 0 Å². The molecule has 1 atom stereocenters. The Labute approximate surface area is 149 Å². The number of carbonyl (C=O) groups excluding carboxylic acids is 1. The molecule has 0 bridgehead atoms. The Hall–Kier alpha value is -2.27. The van der Waals surface area contributed by atoms with E-state index >= 15 is 0 Å². The number of para-hydroxylation sites is 1. The Kier molecular flexibility index (Phi) is 6.12. The zero-order valence-corrected chi connectivity index (χ0v) is 14.8. The van der Waals surface area contributed by atoms with Gasteiger partial charge in [-0.2, -0.15) is 0 Å². The molecular formula is C20H27N3O2. The molecule has 2 N–H and O–H groups in total. The van der Waals surface area contributed by atoms with Crippen molar-refractivity contribution in [2.45, 2.75) is 31.7 Å². The number of nitrogens with one attached hydrogen (secondary N) is 2. The lowest BCUT2D eigenvalue weighted by molar-refractivity contribution is -0.120. The van der Waals surface area contributed by atoms with E-state index < -0.39 is 0 Å². The summed E-state index contributed by atoms with van der Waals surface area (Å²) in [7, 11) is 1.70. The van der Waals surface area contributed by atoms with Gasteiger partial charge in [0.2, 0.25) is 5.91 Å². The first kappa shape index (κ1) is 17.5. The number of nitrogens with zero attached hydrogens (tertiary/aromatic N) is 1. The zero-order chi connectivity index (χ0) is 17.5. The van der Waals surface area contributed by atoms with Crippen molar-refractivity contribution in [1.29, 1.82) is 0 Å². The SMILES string of the molecule is COc1ccccc1[C@@H](CNC(=O)Cc1ccc[nH]1)N1CCCCC1. The van der Waals surface area contributed by atoms with E-state index in [0.29, 0.717) is 13.0 Å². The number of H-pyrrole nitrogens is 1. The van der Waals surface area contributed by atoms with E-state index in [1.54, 1.807) is 7.11 Å². The number of aromatic amines is 1. The van der Waals surface area contributed by atoms with E-state index in [2.05, 4.69) is 21.3 Å². The Balaban J connectivity index is 1.71. The first-order chi connectivity index (χ1) is 12.3. The molecule has 0 aliphatic carbocycles. The molecule has 1 aliphatic rings. The van der Waals surface area contributed by atoms with Crippen LogP contribution in [0.5, 0.6) is 5.75 Å². The predicted octanol–water partition coefficient (Wildman–Crippen LogP) is 2.91. The fourth-order valence-corrected chi connectivity index (χ4v) is 3.53. The van der Waals surface area contributed by atoms with Crippen molar-refractivity contribution < 1.29 is 9.53 Å². The van der Waals surface area contributed by atoms with Crippen molar-refractivity contribution in [2.24, 2.45) is 0 Å². The van der Waals surface area contributed by atoms with Crippen LogP contribution in [0, 0.1) is 0 Å². The summed E-state index contributed by atoms with van der Waals surface area (Å²) in [5.74, 6) is 0.927. The van der Waals surface area contributed by atoms with Crippen LogP contribution in [0.1, 0.15) is 36.6 Å². The Bertz CT molecular complexity index is 663. The van der Waals surface area contributed by atoms with Gasteiger partial charge in [0.25, 0.3) is 0 Å². The highest BCUT2D eigenvalue weighted by Crippen LogP contribution is 2.30. The first-order valence-corrected chi connectivity index (χ1v) is 9.04. The van der Waals surface area contributed by atoms with Crippen LogP contribution in [-0.4, -0.2) is 42.5 Å². The van der Waals surface area contributed by atoms with Crippen LogP contribution in [0.4, 0.5) is 0 Å². The van der Waals surface area contributed by atoms with Crippen LogP contribution in [0.15, 0.2) is 42.6 Å². The van der Waals surface area contributed by atoms with Crippen molar-refractivity contribution in [3.8, 4) is 5.75 Å². The number of methoxy groups -OCH3 is 1. The maximum Gasteiger partial charge on any atom is 0.225 e. The molecule has 1 amide bonds. The fourth-order valence-electron chi connectivity index (χ4n) is 3.53. The number of carbonyl (C=O) groups is 1. The van der Waals surface area contributed by atoms with Crippen LogP contribution < -0.4 is 10.1 Å². The van der Waals surface area contributed by atoms with E-state index in [1.807, 2.05) is 36.5 Å². The molecule has 1 aromatic carbocycles. The Morgan fingerprint density at radius 3 is 2.72 bits per heavy atom. The second-order valence-electron chi connectivity index (χ2n) is 6.53. The van der Waals surface area contributed by atoms with E-state index in [-0.39, 0.29) is 11.9 Å². The lowest BCUT2D eigenvalue weighted by Gasteiger charge is -2.35. The number of likely N-dealkylation sites (tertiary alicyclic amines) is 1. The Morgan fingerprint density at radius 1 is 1.20 bits per heavy atom. The van der Waals surface area contributed by atoms with Crippen molar-refractivity contribution in [1.82, 2.24) is 15.2 Å². The lowest BCUT2D eigenvalue weighted by atomic mass is 10.0. The minimum Gasteiger partial charge on any atom is -0.496 e. The summed E-state index contributed by atoms with van der Waals surface area (Å²) in [6.45, 7) is 2.73. The molecule has 0 spiro atoms. The zero-order valence-electron chi connectivity index (χ0n) is 14.8. The predicted molar refractivity (Wildman–Crippen MR) is 98.7 cm³/mol. The summed E-state index contributed by atoms with van der Waals surface area (Å²) in [6.07, 6.45) is 5.93. The number of aromatic nitrogens is 1. The maximum absolute atomic E-state index is 12.3. The number of amides is 1. The minimum atomic E-state index is 0.0411. The molecule has 1 saturated heterocycles. The van der Waals surface area contributed by atoms with Crippen LogP contribution in [-0.2, 0) is 11.2 Å². The van der Waals surface area contributed by atoms with Crippen LogP contribution in [0.25, 0.3) is 0 Å². The average molecular weight is 341 g/mol. The van der Waals surface area contributed by atoms with Gasteiger partial charge in [-0.15, -0.1) is 0 Å². The third-order valence-corrected chi connectivity index (χ3v) is 4.84.